The van der Waals surface area contributed by atoms with Gasteiger partial charge >= 0.3 is 53.7 Å². The summed E-state index contributed by atoms with van der Waals surface area (Å²) in [7, 11) is -0.353. The van der Waals surface area contributed by atoms with Crippen LogP contribution in [0, 0.1) is 0 Å². The summed E-state index contributed by atoms with van der Waals surface area (Å²) in [5.74, 6) is -52.2. The van der Waals surface area contributed by atoms with Crippen LogP contribution < -0.4 is 0 Å². The van der Waals surface area contributed by atoms with Crippen LogP contribution in [-0.2, 0) is 9.53 Å². The summed E-state index contributed by atoms with van der Waals surface area (Å²) < 4.78 is 228. The molecule has 34 heavy (non-hydrogen) atoms. The maximum atomic E-state index is 13.9. The van der Waals surface area contributed by atoms with Gasteiger partial charge in [0.15, 0.2) is 6.23 Å². The summed E-state index contributed by atoms with van der Waals surface area (Å²) in [6, 6.07) is -6.82. The topological polar surface area (TPSA) is 29.5 Å². The molecule has 202 valence electrons. The van der Waals surface area contributed by atoms with Gasteiger partial charge in [0.05, 0.1) is 0 Å². The first-order valence-electron chi connectivity index (χ1n) is 7.81. The van der Waals surface area contributed by atoms with Crippen molar-refractivity contribution >= 4 is 5.97 Å². The standard InChI is InChI=1S/C14H10F17NO2/c1-4-6(33)34-5(2)32(3)14(30,31)12(25,26)10(21,22)8(17,18)7(15,16)9(19,20)11(23,24)13(27,28)29/h4-5H,1H2,2-3H3. The highest BCUT2D eigenvalue weighted by Crippen LogP contribution is 2.64. The molecule has 0 fully saturated rings. The van der Waals surface area contributed by atoms with Crippen molar-refractivity contribution in [2.45, 2.75) is 60.9 Å². The van der Waals surface area contributed by atoms with Crippen LogP contribution in [0.4, 0.5) is 74.6 Å². The number of carbonyl (C=O) groups is 1. The van der Waals surface area contributed by atoms with Gasteiger partial charge in [0, 0.05) is 6.08 Å². The van der Waals surface area contributed by atoms with E-state index in [1.54, 1.807) is 0 Å². The summed E-state index contributed by atoms with van der Waals surface area (Å²) in [5.41, 5.74) is 0. The second-order valence-corrected chi connectivity index (χ2v) is 6.34. The minimum absolute atomic E-state index is 0.187. The molecule has 0 aliphatic carbocycles. The Balaban J connectivity index is 6.71. The summed E-state index contributed by atoms with van der Waals surface area (Å²) in [6.45, 7) is 2.90. The fourth-order valence-corrected chi connectivity index (χ4v) is 1.90. The number of ether oxygens (including phenoxy) is 1. The molecule has 1 atom stereocenters. The van der Waals surface area contributed by atoms with Gasteiger partial charge in [-0.05, 0) is 14.0 Å². The number of nitrogens with zero attached hydrogens (tertiary/aromatic N) is 1. The quantitative estimate of drug-likeness (QED) is 0.111. The Morgan fingerprint density at radius 2 is 0.971 bits per heavy atom. The Morgan fingerprint density at radius 3 is 1.26 bits per heavy atom. The van der Waals surface area contributed by atoms with Gasteiger partial charge in [-0.3, -0.25) is 0 Å². The van der Waals surface area contributed by atoms with Gasteiger partial charge in [0.25, 0.3) is 0 Å². The van der Waals surface area contributed by atoms with E-state index in [1.807, 2.05) is 0 Å². The van der Waals surface area contributed by atoms with Crippen LogP contribution in [0.1, 0.15) is 6.92 Å². The third-order valence-corrected chi connectivity index (χ3v) is 4.15. The number of carbonyl (C=O) groups excluding carboxylic acids is 1. The number of halogens is 17. The summed E-state index contributed by atoms with van der Waals surface area (Å²) in [5, 5.41) is 0. The lowest BCUT2D eigenvalue weighted by atomic mass is 9.90. The molecule has 1 unspecified atom stereocenters. The SMILES string of the molecule is C=CC(=O)OC(C)N(C)C(F)(F)C(F)(F)C(F)(F)C(F)(F)C(F)(F)C(F)(F)C(F)(F)C(F)(F)F. The molecule has 0 spiro atoms. The van der Waals surface area contributed by atoms with Crippen molar-refractivity contribution < 1.29 is 84.2 Å². The molecule has 0 amide bonds. The summed E-state index contributed by atoms with van der Waals surface area (Å²) in [6.07, 6.45) is -10.4. The van der Waals surface area contributed by atoms with Gasteiger partial charge in [-0.2, -0.15) is 74.6 Å². The van der Waals surface area contributed by atoms with Crippen molar-refractivity contribution in [1.29, 1.82) is 0 Å². The minimum atomic E-state index is -8.71. The smallest absolute Gasteiger partial charge is 0.443 e. The molecular weight excluding hydrogens is 537 g/mol. The first-order chi connectivity index (χ1) is 14.5. The van der Waals surface area contributed by atoms with Crippen LogP contribution >= 0.6 is 0 Å². The predicted octanol–water partition coefficient (Wildman–Crippen LogP) is 5.96. The lowest BCUT2D eigenvalue weighted by Gasteiger charge is -2.44. The average Bonchev–Trinajstić information content (AvgIpc) is 2.64. The fraction of sp³-hybridized carbons (Fsp3) is 0.786. The molecule has 0 aromatic carbocycles. The van der Waals surface area contributed by atoms with Crippen LogP contribution in [0.5, 0.6) is 0 Å². The van der Waals surface area contributed by atoms with Crippen LogP contribution in [-0.4, -0.2) is 71.9 Å². The zero-order chi connectivity index (χ0) is 28.1. The molecule has 0 heterocycles. The molecule has 0 saturated carbocycles. The number of rotatable bonds is 10. The van der Waals surface area contributed by atoms with Crippen molar-refractivity contribution in [2.75, 3.05) is 7.05 Å². The number of hydrogen-bond donors (Lipinski definition) is 0. The largest absolute Gasteiger partial charge is 0.460 e. The molecule has 0 aromatic rings. The van der Waals surface area contributed by atoms with Crippen LogP contribution in [0.25, 0.3) is 0 Å². The van der Waals surface area contributed by atoms with Crippen molar-refractivity contribution in [3.8, 4) is 0 Å². The molecule has 0 radical (unpaired) electrons. The third kappa shape index (κ3) is 4.25. The predicted molar refractivity (Wildman–Crippen MR) is 74.2 cm³/mol. The monoisotopic (exact) mass is 547 g/mol. The van der Waals surface area contributed by atoms with Crippen LogP contribution in [0.2, 0.25) is 0 Å². The lowest BCUT2D eigenvalue weighted by Crippen LogP contribution is -2.75. The molecule has 0 aliphatic heterocycles. The zero-order valence-electron chi connectivity index (χ0n) is 16.1. The highest BCUT2D eigenvalue weighted by atomic mass is 19.4. The van der Waals surface area contributed by atoms with E-state index in [9.17, 15) is 79.4 Å². The normalized spacial score (nSPS) is 16.5. The van der Waals surface area contributed by atoms with Crippen molar-refractivity contribution in [1.82, 2.24) is 4.90 Å². The molecule has 0 bridgehead atoms. The van der Waals surface area contributed by atoms with E-state index < -0.39 is 64.9 Å². The third-order valence-electron chi connectivity index (χ3n) is 4.15. The Hall–Kier alpha value is -2.02. The van der Waals surface area contributed by atoms with Crippen LogP contribution in [0.3, 0.4) is 0 Å². The van der Waals surface area contributed by atoms with Crippen molar-refractivity contribution in [3.63, 3.8) is 0 Å². The van der Waals surface area contributed by atoms with Gasteiger partial charge in [0.1, 0.15) is 0 Å². The minimum Gasteiger partial charge on any atom is -0.443 e. The Bertz CT molecular complexity index is 773. The van der Waals surface area contributed by atoms with Gasteiger partial charge in [-0.25, -0.2) is 9.69 Å². The molecule has 0 saturated heterocycles. The number of alkyl halides is 17. The Labute approximate surface area is 177 Å². The second kappa shape index (κ2) is 8.58. The van der Waals surface area contributed by atoms with Gasteiger partial charge in [-0.1, -0.05) is 6.58 Å². The molecule has 0 rings (SSSR count). The molecule has 0 N–H and O–H groups in total. The lowest BCUT2D eigenvalue weighted by molar-refractivity contribution is -0.469. The summed E-state index contributed by atoms with van der Waals surface area (Å²) in [4.78, 5) is 9.40. The second-order valence-electron chi connectivity index (χ2n) is 6.34. The van der Waals surface area contributed by atoms with Crippen LogP contribution in [0.15, 0.2) is 12.7 Å². The van der Waals surface area contributed by atoms with E-state index >= 15 is 0 Å². The van der Waals surface area contributed by atoms with E-state index in [-0.39, 0.29) is 20.0 Å². The van der Waals surface area contributed by atoms with Crippen molar-refractivity contribution in [3.05, 3.63) is 12.7 Å². The van der Waals surface area contributed by atoms with E-state index in [0.717, 1.165) is 0 Å². The van der Waals surface area contributed by atoms with Gasteiger partial charge in [-0.15, -0.1) is 0 Å². The van der Waals surface area contributed by atoms with E-state index in [1.165, 1.54) is 0 Å². The molecular formula is C14H10F17NO2. The van der Waals surface area contributed by atoms with E-state index in [0.29, 0.717) is 0 Å². The van der Waals surface area contributed by atoms with E-state index in [4.69, 9.17) is 0 Å². The first kappa shape index (κ1) is 32.0. The highest BCUT2D eigenvalue weighted by Gasteiger charge is 2.95. The molecule has 0 aliphatic rings. The molecule has 20 heteroatoms. The highest BCUT2D eigenvalue weighted by molar-refractivity contribution is 5.81. The Kier molecular flexibility index (Phi) is 8.07. The number of esters is 1. The fourth-order valence-electron chi connectivity index (χ4n) is 1.90. The Morgan fingerprint density at radius 1 is 0.676 bits per heavy atom. The van der Waals surface area contributed by atoms with Gasteiger partial charge in [0.2, 0.25) is 0 Å². The molecule has 3 nitrogen and oxygen atoms in total. The van der Waals surface area contributed by atoms with E-state index in [2.05, 4.69) is 11.3 Å². The maximum absolute atomic E-state index is 13.9. The summed E-state index contributed by atoms with van der Waals surface area (Å²) >= 11 is 0. The van der Waals surface area contributed by atoms with Crippen molar-refractivity contribution in [2.24, 2.45) is 0 Å². The number of hydrogen-bond acceptors (Lipinski definition) is 3. The van der Waals surface area contributed by atoms with Gasteiger partial charge < -0.3 is 4.74 Å². The maximum Gasteiger partial charge on any atom is 0.460 e. The zero-order valence-corrected chi connectivity index (χ0v) is 16.1. The first-order valence-corrected chi connectivity index (χ1v) is 7.81. The average molecular weight is 547 g/mol. The molecule has 0 aromatic heterocycles.